The Morgan fingerprint density at radius 1 is 1.00 bits per heavy atom. The second-order valence-electron chi connectivity index (χ2n) is 7.82. The van der Waals surface area contributed by atoms with Crippen LogP contribution in [0.4, 0.5) is 0 Å². The highest BCUT2D eigenvalue weighted by molar-refractivity contribution is 5.79. The minimum absolute atomic E-state index is 0.0239. The molecule has 2 atom stereocenters. The van der Waals surface area contributed by atoms with Crippen molar-refractivity contribution in [2.75, 3.05) is 13.2 Å². The summed E-state index contributed by atoms with van der Waals surface area (Å²) in [7, 11) is 0. The fourth-order valence-electron chi connectivity index (χ4n) is 3.40. The Morgan fingerprint density at radius 2 is 1.33 bits per heavy atom. The van der Waals surface area contributed by atoms with Gasteiger partial charge in [-0.2, -0.15) is 0 Å². The van der Waals surface area contributed by atoms with E-state index < -0.39 is 23.8 Å². The zero-order valence-electron chi connectivity index (χ0n) is 15.6. The van der Waals surface area contributed by atoms with Gasteiger partial charge in [0, 0.05) is 17.6 Å². The number of aliphatic carboxylic acids is 2. The van der Waals surface area contributed by atoms with E-state index in [2.05, 4.69) is 32.6 Å². The van der Waals surface area contributed by atoms with Crippen molar-refractivity contribution in [3.8, 4) is 0 Å². The molecule has 0 aliphatic carbocycles. The number of likely N-dealkylation sites (tertiary alicyclic amines) is 1. The fraction of sp³-hybridized carbons (Fsp3) is 0.882. The van der Waals surface area contributed by atoms with Crippen molar-refractivity contribution >= 4 is 11.9 Å². The lowest BCUT2D eigenvalue weighted by Crippen LogP contribution is -2.62. The summed E-state index contributed by atoms with van der Waals surface area (Å²) < 4.78 is 0. The summed E-state index contributed by atoms with van der Waals surface area (Å²) in [5.74, 6) is -3.79. The molecule has 0 bridgehead atoms. The summed E-state index contributed by atoms with van der Waals surface area (Å²) in [5, 5.41) is 35.5. The minimum atomic E-state index is -1.07. The summed E-state index contributed by atoms with van der Waals surface area (Å²) in [6.45, 7) is 12.1. The minimum Gasteiger partial charge on any atom is -0.481 e. The Labute approximate surface area is 144 Å². The first kappa shape index (κ1) is 22.8. The van der Waals surface area contributed by atoms with Gasteiger partial charge >= 0.3 is 11.9 Å². The van der Waals surface area contributed by atoms with Crippen molar-refractivity contribution in [1.82, 2.24) is 4.90 Å². The zero-order valence-corrected chi connectivity index (χ0v) is 15.6. The zero-order chi connectivity index (χ0) is 19.3. The Kier molecular flexibility index (Phi) is 8.35. The molecule has 24 heavy (non-hydrogen) atoms. The van der Waals surface area contributed by atoms with Crippen LogP contribution in [0.25, 0.3) is 0 Å². The number of carbonyl (C=O) groups is 2. The lowest BCUT2D eigenvalue weighted by molar-refractivity contribution is -0.152. The molecular weight excluding hydrogens is 314 g/mol. The molecule has 0 aromatic rings. The highest BCUT2D eigenvalue weighted by atomic mass is 16.4. The summed E-state index contributed by atoms with van der Waals surface area (Å²) in [4.78, 5) is 22.7. The van der Waals surface area contributed by atoms with Crippen LogP contribution in [0.2, 0.25) is 0 Å². The lowest BCUT2D eigenvalue weighted by Gasteiger charge is -2.54. The Morgan fingerprint density at radius 3 is 1.58 bits per heavy atom. The monoisotopic (exact) mass is 347 g/mol. The van der Waals surface area contributed by atoms with Crippen LogP contribution in [0, 0.1) is 11.8 Å². The predicted octanol–water partition coefficient (Wildman–Crippen LogP) is 1.42. The number of β-amino-alcohol motifs (C(OH)–C–C–N with tert-alkyl or cyclic N) is 1. The molecule has 0 radical (unpaired) electrons. The number of carboxylic acids is 2. The molecule has 1 aliphatic rings. The van der Waals surface area contributed by atoms with Crippen molar-refractivity contribution in [2.24, 2.45) is 11.8 Å². The summed E-state index contributed by atoms with van der Waals surface area (Å²) >= 11 is 0. The molecule has 7 nitrogen and oxygen atoms in total. The van der Waals surface area contributed by atoms with Crippen LogP contribution in [0.1, 0.15) is 54.4 Å². The van der Waals surface area contributed by atoms with Gasteiger partial charge in [-0.1, -0.05) is 13.8 Å². The third-order valence-corrected chi connectivity index (χ3v) is 4.78. The second-order valence-corrected chi connectivity index (χ2v) is 7.82. The van der Waals surface area contributed by atoms with Gasteiger partial charge in [0.05, 0.1) is 24.5 Å². The van der Waals surface area contributed by atoms with E-state index >= 15 is 0 Å². The van der Waals surface area contributed by atoms with Gasteiger partial charge in [-0.05, 0) is 40.5 Å². The van der Waals surface area contributed by atoms with Gasteiger partial charge in [0.1, 0.15) is 0 Å². The van der Waals surface area contributed by atoms with Crippen molar-refractivity contribution in [1.29, 1.82) is 0 Å². The van der Waals surface area contributed by atoms with Gasteiger partial charge in [0.25, 0.3) is 0 Å². The molecule has 4 N–H and O–H groups in total. The van der Waals surface area contributed by atoms with E-state index in [1.54, 1.807) is 0 Å². The summed E-state index contributed by atoms with van der Waals surface area (Å²) in [5.41, 5.74) is -0.0478. The average Bonchev–Trinajstić information content (AvgIpc) is 2.40. The van der Waals surface area contributed by atoms with E-state index in [4.69, 9.17) is 15.3 Å². The smallest absolute Gasteiger partial charge is 0.307 e. The molecule has 7 heteroatoms. The van der Waals surface area contributed by atoms with Crippen molar-refractivity contribution in [3.63, 3.8) is 0 Å². The molecule has 0 amide bonds. The number of piperidine rings is 1. The maximum Gasteiger partial charge on any atom is 0.307 e. The van der Waals surface area contributed by atoms with Crippen LogP contribution in [0.3, 0.4) is 0 Å². The number of hydrogen-bond acceptors (Lipinski definition) is 5. The van der Waals surface area contributed by atoms with Crippen molar-refractivity contribution in [2.45, 2.75) is 71.6 Å². The number of aliphatic hydroxyl groups excluding tert-OH is 2. The van der Waals surface area contributed by atoms with Gasteiger partial charge < -0.3 is 20.4 Å². The summed E-state index contributed by atoms with van der Waals surface area (Å²) in [6.07, 6.45) is 1.36. The average molecular weight is 347 g/mol. The molecule has 142 valence electrons. The Hall–Kier alpha value is -1.18. The molecule has 1 fully saturated rings. The number of carboxylic acid groups (broad SMARTS) is 2. The van der Waals surface area contributed by atoms with Crippen LogP contribution in [-0.4, -0.2) is 67.6 Å². The first-order valence-corrected chi connectivity index (χ1v) is 8.28. The Balaban J connectivity index is 0.000000470. The van der Waals surface area contributed by atoms with Crippen LogP contribution in [0.5, 0.6) is 0 Å². The van der Waals surface area contributed by atoms with Crippen molar-refractivity contribution < 1.29 is 30.0 Å². The third kappa shape index (κ3) is 6.37. The predicted molar refractivity (Wildman–Crippen MR) is 90.8 cm³/mol. The first-order valence-electron chi connectivity index (χ1n) is 8.28. The fourth-order valence-corrected chi connectivity index (χ4v) is 3.40. The normalized spacial score (nSPS) is 22.8. The van der Waals surface area contributed by atoms with Crippen LogP contribution in [-0.2, 0) is 9.59 Å². The maximum atomic E-state index is 10.2. The molecule has 0 saturated carbocycles. The number of rotatable bonds is 5. The molecule has 0 aromatic carbocycles. The molecule has 0 aromatic heterocycles. The number of nitrogens with zero attached hydrogens (tertiary/aromatic N) is 1. The molecular formula is C17H33NO6. The highest BCUT2D eigenvalue weighted by Gasteiger charge is 2.44. The molecule has 1 saturated heterocycles. The molecule has 1 heterocycles. The quantitative estimate of drug-likeness (QED) is 0.594. The van der Waals surface area contributed by atoms with E-state index in [1.807, 2.05) is 0 Å². The van der Waals surface area contributed by atoms with Crippen LogP contribution < -0.4 is 0 Å². The number of aliphatic hydroxyl groups is 2. The standard InChI is InChI=1S/C11H23NO2.C6H10O4/c1-10(2)7-9(14)8-11(3,4)12(10)5-6-13;1-3(5(7)8)4(2)6(9)10/h9,13-14H,5-8H2,1-4H3;3-4H,1-2H3,(H,7,8)(H,9,10). The van der Waals surface area contributed by atoms with Gasteiger partial charge in [-0.15, -0.1) is 0 Å². The lowest BCUT2D eigenvalue weighted by atomic mass is 9.78. The van der Waals surface area contributed by atoms with E-state index in [1.165, 1.54) is 13.8 Å². The van der Waals surface area contributed by atoms with Crippen LogP contribution >= 0.6 is 0 Å². The molecule has 1 rings (SSSR count). The van der Waals surface area contributed by atoms with Crippen molar-refractivity contribution in [3.05, 3.63) is 0 Å². The maximum absolute atomic E-state index is 10.2. The third-order valence-electron chi connectivity index (χ3n) is 4.78. The largest absolute Gasteiger partial charge is 0.481 e. The number of hydrogen-bond donors (Lipinski definition) is 4. The van der Waals surface area contributed by atoms with E-state index in [-0.39, 0.29) is 23.8 Å². The first-order chi connectivity index (χ1) is 10.8. The van der Waals surface area contributed by atoms with E-state index in [0.29, 0.717) is 6.54 Å². The second kappa shape index (κ2) is 8.78. The molecule has 2 unspecified atom stereocenters. The van der Waals surface area contributed by atoms with E-state index in [0.717, 1.165) is 12.8 Å². The SMILES string of the molecule is CC(C(=O)O)C(C)C(=O)O.CC1(C)CC(O)CC(C)(C)N1CCO. The van der Waals surface area contributed by atoms with Crippen LogP contribution in [0.15, 0.2) is 0 Å². The highest BCUT2D eigenvalue weighted by Crippen LogP contribution is 2.37. The van der Waals surface area contributed by atoms with Gasteiger partial charge in [0.15, 0.2) is 0 Å². The van der Waals surface area contributed by atoms with E-state index in [9.17, 15) is 14.7 Å². The Bertz CT molecular complexity index is 399. The van der Waals surface area contributed by atoms with Gasteiger partial charge in [0.2, 0.25) is 0 Å². The molecule has 1 aliphatic heterocycles. The summed E-state index contributed by atoms with van der Waals surface area (Å²) in [6, 6.07) is 0. The van der Waals surface area contributed by atoms with Gasteiger partial charge in [-0.25, -0.2) is 0 Å². The van der Waals surface area contributed by atoms with Gasteiger partial charge in [-0.3, -0.25) is 14.5 Å². The topological polar surface area (TPSA) is 118 Å². The molecule has 0 spiro atoms.